The second kappa shape index (κ2) is 6.22. The summed E-state index contributed by atoms with van der Waals surface area (Å²) in [6, 6.07) is 1.88. The number of hydrogen-bond donors (Lipinski definition) is 2. The molecule has 1 heterocycles. The molecule has 1 aliphatic carbocycles. The summed E-state index contributed by atoms with van der Waals surface area (Å²) < 4.78 is 5.00. The van der Waals surface area contributed by atoms with Gasteiger partial charge in [-0.15, -0.1) is 0 Å². The fraction of sp³-hybridized carbons (Fsp3) is 0.400. The molecule has 0 bridgehead atoms. The molecule has 0 amide bonds. The lowest BCUT2D eigenvalue weighted by atomic mass is 9.96. The first kappa shape index (κ1) is 14.8. The van der Waals surface area contributed by atoms with E-state index in [0.717, 1.165) is 24.0 Å². The Labute approximate surface area is 123 Å². The standard InChI is InChI=1S/C15H20N2O2S/c1-10(2)20-16-12-6-4-11(5-7-12)13-8-9-17(3)14(13)15(18)19/h4,6,8-10,16H,5,7H2,1-3H3,(H,18,19). The fourth-order valence-corrected chi connectivity index (χ4v) is 2.75. The quantitative estimate of drug-likeness (QED) is 0.816. The van der Waals surface area contributed by atoms with E-state index in [1.54, 1.807) is 29.8 Å². The van der Waals surface area contributed by atoms with Crippen LogP contribution in [0.5, 0.6) is 0 Å². The van der Waals surface area contributed by atoms with E-state index in [2.05, 4.69) is 18.6 Å². The maximum absolute atomic E-state index is 11.3. The van der Waals surface area contributed by atoms with Gasteiger partial charge in [0.15, 0.2) is 0 Å². The number of hydrogen-bond acceptors (Lipinski definition) is 3. The third-order valence-corrected chi connectivity index (χ3v) is 4.05. The van der Waals surface area contributed by atoms with E-state index >= 15 is 0 Å². The Morgan fingerprint density at radius 3 is 2.70 bits per heavy atom. The number of aromatic nitrogens is 1. The van der Waals surface area contributed by atoms with Crippen molar-refractivity contribution < 1.29 is 9.90 Å². The van der Waals surface area contributed by atoms with Gasteiger partial charge in [0, 0.05) is 29.8 Å². The molecule has 0 aliphatic heterocycles. The van der Waals surface area contributed by atoms with Crippen LogP contribution >= 0.6 is 11.9 Å². The number of rotatable bonds is 5. The van der Waals surface area contributed by atoms with Crippen molar-refractivity contribution in [3.63, 3.8) is 0 Å². The number of carbonyl (C=O) groups is 1. The van der Waals surface area contributed by atoms with Gasteiger partial charge in [-0.1, -0.05) is 31.9 Å². The maximum atomic E-state index is 11.3. The number of nitrogens with one attached hydrogen (secondary N) is 1. The summed E-state index contributed by atoms with van der Waals surface area (Å²) in [7, 11) is 1.76. The minimum absolute atomic E-state index is 0.359. The number of carboxylic acid groups (broad SMARTS) is 1. The van der Waals surface area contributed by atoms with Crippen LogP contribution in [-0.4, -0.2) is 20.9 Å². The number of nitrogens with zero attached hydrogens (tertiary/aromatic N) is 1. The van der Waals surface area contributed by atoms with Gasteiger partial charge < -0.3 is 14.4 Å². The summed E-state index contributed by atoms with van der Waals surface area (Å²) in [5.74, 6) is -0.878. The van der Waals surface area contributed by atoms with Gasteiger partial charge in [-0.2, -0.15) is 0 Å². The van der Waals surface area contributed by atoms with Crippen LogP contribution in [0.1, 0.15) is 42.7 Å². The first-order chi connectivity index (χ1) is 9.49. The molecule has 0 aromatic carbocycles. The van der Waals surface area contributed by atoms with Crippen molar-refractivity contribution >= 4 is 23.5 Å². The first-order valence-corrected chi connectivity index (χ1v) is 7.57. The largest absolute Gasteiger partial charge is 0.477 e. The molecular formula is C15H20N2O2S. The van der Waals surface area contributed by atoms with Crippen LogP contribution in [0.25, 0.3) is 5.57 Å². The molecule has 20 heavy (non-hydrogen) atoms. The monoisotopic (exact) mass is 292 g/mol. The van der Waals surface area contributed by atoms with Gasteiger partial charge in [-0.25, -0.2) is 4.79 Å². The third kappa shape index (κ3) is 3.28. The molecule has 0 unspecified atom stereocenters. The second-order valence-electron chi connectivity index (χ2n) is 5.15. The van der Waals surface area contributed by atoms with Crippen LogP contribution < -0.4 is 4.72 Å². The lowest BCUT2D eigenvalue weighted by Gasteiger charge is -2.17. The molecule has 0 atom stereocenters. The summed E-state index contributed by atoms with van der Waals surface area (Å²) in [4.78, 5) is 11.3. The highest BCUT2D eigenvalue weighted by molar-refractivity contribution is 7.98. The van der Waals surface area contributed by atoms with Crippen molar-refractivity contribution in [3.05, 3.63) is 41.4 Å². The molecule has 108 valence electrons. The Hall–Kier alpha value is -1.62. The maximum Gasteiger partial charge on any atom is 0.353 e. The van der Waals surface area contributed by atoms with Crippen molar-refractivity contribution in [1.82, 2.24) is 9.29 Å². The number of aromatic carboxylic acids is 1. The summed E-state index contributed by atoms with van der Waals surface area (Å²) in [6.07, 6.45) is 7.65. The van der Waals surface area contributed by atoms with Crippen molar-refractivity contribution in [1.29, 1.82) is 0 Å². The third-order valence-electron chi connectivity index (χ3n) is 3.20. The summed E-state index contributed by atoms with van der Waals surface area (Å²) in [5.41, 5.74) is 3.47. The van der Waals surface area contributed by atoms with Crippen LogP contribution in [0.3, 0.4) is 0 Å². The summed E-state index contributed by atoms with van der Waals surface area (Å²) in [6.45, 7) is 4.29. The molecular weight excluding hydrogens is 272 g/mol. The predicted octanol–water partition coefficient (Wildman–Crippen LogP) is 3.43. The van der Waals surface area contributed by atoms with E-state index < -0.39 is 5.97 Å². The van der Waals surface area contributed by atoms with Crippen LogP contribution in [-0.2, 0) is 7.05 Å². The minimum Gasteiger partial charge on any atom is -0.477 e. The van der Waals surface area contributed by atoms with Gasteiger partial charge >= 0.3 is 5.97 Å². The number of carboxylic acids is 1. The average molecular weight is 292 g/mol. The van der Waals surface area contributed by atoms with E-state index in [9.17, 15) is 9.90 Å². The van der Waals surface area contributed by atoms with Gasteiger partial charge in [-0.05, 0) is 30.6 Å². The molecule has 4 nitrogen and oxygen atoms in total. The molecule has 0 saturated heterocycles. The average Bonchev–Trinajstić information content (AvgIpc) is 2.79. The molecule has 0 spiro atoms. The van der Waals surface area contributed by atoms with Crippen molar-refractivity contribution in [2.24, 2.45) is 7.05 Å². The van der Waals surface area contributed by atoms with Crippen LogP contribution in [0.4, 0.5) is 0 Å². The molecule has 1 aromatic rings. The zero-order chi connectivity index (χ0) is 14.7. The zero-order valence-corrected chi connectivity index (χ0v) is 12.8. The van der Waals surface area contributed by atoms with Crippen molar-refractivity contribution in [3.8, 4) is 0 Å². The summed E-state index contributed by atoms with van der Waals surface area (Å²) in [5, 5.41) is 9.82. The smallest absolute Gasteiger partial charge is 0.353 e. The lowest BCUT2D eigenvalue weighted by Crippen LogP contribution is -2.11. The van der Waals surface area contributed by atoms with Gasteiger partial charge in [0.1, 0.15) is 5.69 Å². The number of allylic oxidation sites excluding steroid dienone is 4. The minimum atomic E-state index is -0.878. The molecule has 0 radical (unpaired) electrons. The van der Waals surface area contributed by atoms with Gasteiger partial charge in [-0.3, -0.25) is 0 Å². The molecule has 0 saturated carbocycles. The number of aryl methyl sites for hydroxylation is 1. The van der Waals surface area contributed by atoms with Crippen molar-refractivity contribution in [2.75, 3.05) is 0 Å². The lowest BCUT2D eigenvalue weighted by molar-refractivity contribution is 0.0686. The van der Waals surface area contributed by atoms with Crippen molar-refractivity contribution in [2.45, 2.75) is 31.9 Å². The Bertz CT molecular complexity index is 570. The molecule has 2 rings (SSSR count). The van der Waals surface area contributed by atoms with Gasteiger partial charge in [0.05, 0.1) is 0 Å². The Morgan fingerprint density at radius 2 is 2.15 bits per heavy atom. The molecule has 2 N–H and O–H groups in total. The highest BCUT2D eigenvalue weighted by Gasteiger charge is 2.18. The highest BCUT2D eigenvalue weighted by Crippen LogP contribution is 2.29. The Balaban J connectivity index is 2.18. The summed E-state index contributed by atoms with van der Waals surface area (Å²) >= 11 is 1.70. The van der Waals surface area contributed by atoms with E-state index in [-0.39, 0.29) is 0 Å². The van der Waals surface area contributed by atoms with Gasteiger partial charge in [0.25, 0.3) is 0 Å². The zero-order valence-electron chi connectivity index (χ0n) is 12.0. The van der Waals surface area contributed by atoms with Crippen LogP contribution in [0.2, 0.25) is 0 Å². The predicted molar refractivity (Wildman–Crippen MR) is 83.5 cm³/mol. The van der Waals surface area contributed by atoms with E-state index in [0.29, 0.717) is 10.9 Å². The Kier molecular flexibility index (Phi) is 4.60. The molecule has 1 aliphatic rings. The van der Waals surface area contributed by atoms with E-state index in [1.807, 2.05) is 18.2 Å². The Morgan fingerprint density at radius 1 is 1.40 bits per heavy atom. The SMILES string of the molecule is CC(C)SNC1=CC=C(c2ccn(C)c2C(=O)O)CC1. The normalized spacial score (nSPS) is 15.0. The topological polar surface area (TPSA) is 54.3 Å². The highest BCUT2D eigenvalue weighted by atomic mass is 32.2. The second-order valence-corrected chi connectivity index (χ2v) is 6.53. The van der Waals surface area contributed by atoms with E-state index in [1.165, 1.54) is 5.70 Å². The molecule has 5 heteroatoms. The van der Waals surface area contributed by atoms with E-state index in [4.69, 9.17) is 0 Å². The van der Waals surface area contributed by atoms with Crippen LogP contribution in [0, 0.1) is 0 Å². The first-order valence-electron chi connectivity index (χ1n) is 6.69. The van der Waals surface area contributed by atoms with Crippen LogP contribution in [0.15, 0.2) is 30.1 Å². The molecule has 0 fully saturated rings. The molecule has 1 aromatic heterocycles. The fourth-order valence-electron chi connectivity index (χ4n) is 2.20. The van der Waals surface area contributed by atoms with Gasteiger partial charge in [0.2, 0.25) is 0 Å².